The largest absolute Gasteiger partial charge is 0.478 e. The van der Waals surface area contributed by atoms with Crippen molar-refractivity contribution >= 4 is 22.4 Å². The van der Waals surface area contributed by atoms with E-state index < -0.39 is 0 Å². The van der Waals surface area contributed by atoms with Gasteiger partial charge in [0.2, 0.25) is 5.88 Å². The van der Waals surface area contributed by atoms with Gasteiger partial charge in [-0.15, -0.1) is 11.3 Å². The molecule has 0 fully saturated rings. The molecule has 7 nitrogen and oxygen atoms in total. The first kappa shape index (κ1) is 13.1. The molecule has 0 radical (unpaired) electrons. The van der Waals surface area contributed by atoms with E-state index in [0.717, 1.165) is 13.0 Å². The van der Waals surface area contributed by atoms with Crippen molar-refractivity contribution in [1.29, 1.82) is 0 Å². The average Bonchev–Trinajstić information content (AvgIpc) is 3.26. The molecule has 0 aromatic carbocycles. The molecular weight excluding hydrogens is 304 g/mol. The Kier molecular flexibility index (Phi) is 3.15. The lowest BCUT2D eigenvalue weighted by molar-refractivity contribution is 0.102. The van der Waals surface area contributed by atoms with Crippen molar-refractivity contribution in [1.82, 2.24) is 14.8 Å². The molecule has 1 amide bonds. The minimum absolute atomic E-state index is 0.300. The number of fused-ring (bicyclic) bond motifs is 1. The van der Waals surface area contributed by atoms with Gasteiger partial charge in [-0.3, -0.25) is 10.1 Å². The summed E-state index contributed by atoms with van der Waals surface area (Å²) in [6.45, 7) is 1.42. The Bertz CT molecular complexity index is 783. The lowest BCUT2D eigenvalue weighted by Gasteiger charge is -2.13. The number of hydrogen-bond acceptors (Lipinski definition) is 6. The summed E-state index contributed by atoms with van der Waals surface area (Å²) < 4.78 is 12.4. The maximum absolute atomic E-state index is 12.2. The number of furan rings is 1. The number of carbonyl (C=O) groups is 1. The minimum Gasteiger partial charge on any atom is -0.478 e. The van der Waals surface area contributed by atoms with Crippen LogP contribution in [0.1, 0.15) is 16.9 Å². The monoisotopic (exact) mass is 316 g/mol. The summed E-state index contributed by atoms with van der Waals surface area (Å²) >= 11 is 1.34. The number of thiazole rings is 1. The van der Waals surface area contributed by atoms with Gasteiger partial charge in [0.05, 0.1) is 12.9 Å². The second kappa shape index (κ2) is 5.30. The molecule has 1 aliphatic rings. The van der Waals surface area contributed by atoms with Gasteiger partial charge in [-0.2, -0.15) is 5.10 Å². The fourth-order valence-electron chi connectivity index (χ4n) is 2.21. The second-order valence-corrected chi connectivity index (χ2v) is 5.62. The van der Waals surface area contributed by atoms with E-state index >= 15 is 0 Å². The van der Waals surface area contributed by atoms with Crippen LogP contribution >= 0.6 is 11.3 Å². The summed E-state index contributed by atoms with van der Waals surface area (Å²) in [4.78, 5) is 16.6. The Morgan fingerprint density at radius 1 is 1.45 bits per heavy atom. The van der Waals surface area contributed by atoms with Gasteiger partial charge < -0.3 is 9.15 Å². The van der Waals surface area contributed by atoms with E-state index in [1.807, 2.05) is 11.4 Å². The van der Waals surface area contributed by atoms with Crippen LogP contribution in [-0.4, -0.2) is 27.3 Å². The summed E-state index contributed by atoms with van der Waals surface area (Å²) in [6, 6.07) is 5.26. The van der Waals surface area contributed by atoms with Crippen LogP contribution in [0, 0.1) is 0 Å². The fourth-order valence-corrected chi connectivity index (χ4v) is 2.90. The third kappa shape index (κ3) is 2.37. The van der Waals surface area contributed by atoms with Crippen molar-refractivity contribution < 1.29 is 13.9 Å². The number of amides is 1. The van der Waals surface area contributed by atoms with E-state index in [2.05, 4.69) is 15.4 Å². The van der Waals surface area contributed by atoms with Crippen molar-refractivity contribution in [3.8, 4) is 17.3 Å². The third-order valence-electron chi connectivity index (χ3n) is 3.24. The molecule has 0 unspecified atom stereocenters. The molecule has 0 spiro atoms. The molecule has 8 heteroatoms. The number of ether oxygens (including phenoxy) is 1. The molecular formula is C14H12N4O3S. The summed E-state index contributed by atoms with van der Waals surface area (Å²) in [6.07, 6.45) is 2.48. The first-order valence-electron chi connectivity index (χ1n) is 6.81. The number of nitrogens with zero attached hydrogens (tertiary/aromatic N) is 3. The Morgan fingerprint density at radius 3 is 3.23 bits per heavy atom. The Balaban J connectivity index is 1.51. The molecule has 0 bridgehead atoms. The maximum atomic E-state index is 12.2. The lowest BCUT2D eigenvalue weighted by Crippen LogP contribution is -2.16. The zero-order valence-electron chi connectivity index (χ0n) is 11.5. The number of carbonyl (C=O) groups excluding carboxylic acids is 1. The van der Waals surface area contributed by atoms with Crippen LogP contribution in [0.3, 0.4) is 0 Å². The number of nitrogens with one attached hydrogen (secondary N) is 1. The molecule has 112 valence electrons. The lowest BCUT2D eigenvalue weighted by atomic mass is 10.4. The summed E-state index contributed by atoms with van der Waals surface area (Å²) in [7, 11) is 0. The molecule has 0 aliphatic carbocycles. The van der Waals surface area contributed by atoms with E-state index in [0.29, 0.717) is 34.8 Å². The van der Waals surface area contributed by atoms with Crippen molar-refractivity contribution in [3.63, 3.8) is 0 Å². The molecule has 0 atom stereocenters. The van der Waals surface area contributed by atoms with Crippen molar-refractivity contribution in [2.45, 2.75) is 13.0 Å². The third-order valence-corrected chi connectivity index (χ3v) is 4.00. The van der Waals surface area contributed by atoms with Crippen molar-refractivity contribution in [2.75, 3.05) is 11.9 Å². The second-order valence-electron chi connectivity index (χ2n) is 4.76. The molecule has 1 N–H and O–H groups in total. The van der Waals surface area contributed by atoms with Gasteiger partial charge in [-0.05, 0) is 12.1 Å². The van der Waals surface area contributed by atoms with Gasteiger partial charge in [0.25, 0.3) is 5.91 Å². The van der Waals surface area contributed by atoms with Crippen molar-refractivity contribution in [3.05, 3.63) is 35.5 Å². The van der Waals surface area contributed by atoms with Crippen LogP contribution in [0.15, 0.2) is 34.3 Å². The first-order valence-corrected chi connectivity index (χ1v) is 7.69. The highest BCUT2D eigenvalue weighted by atomic mass is 32.1. The SMILES string of the molecule is O=C(Nc1nc(-c2ccco2)cs1)c1cc2n(n1)CCCO2. The molecule has 22 heavy (non-hydrogen) atoms. The highest BCUT2D eigenvalue weighted by Crippen LogP contribution is 2.26. The predicted octanol–water partition coefficient (Wildman–Crippen LogP) is 2.63. The summed E-state index contributed by atoms with van der Waals surface area (Å²) in [5, 5.41) is 9.32. The zero-order valence-corrected chi connectivity index (χ0v) is 12.3. The first-order chi connectivity index (χ1) is 10.8. The smallest absolute Gasteiger partial charge is 0.278 e. The fraction of sp³-hybridized carbons (Fsp3) is 0.214. The van der Waals surface area contributed by atoms with Gasteiger partial charge >= 0.3 is 0 Å². The van der Waals surface area contributed by atoms with Crippen LogP contribution in [0.25, 0.3) is 11.5 Å². The Hall–Kier alpha value is -2.61. The molecule has 0 saturated carbocycles. The van der Waals surface area contributed by atoms with Gasteiger partial charge in [0.1, 0.15) is 5.69 Å². The summed E-state index contributed by atoms with van der Waals surface area (Å²) in [5.41, 5.74) is 1.02. The molecule has 0 saturated heterocycles. The number of aryl methyl sites for hydroxylation is 1. The van der Waals surface area contributed by atoms with E-state index in [1.165, 1.54) is 11.3 Å². The van der Waals surface area contributed by atoms with E-state index in [9.17, 15) is 4.79 Å². The van der Waals surface area contributed by atoms with Crippen LogP contribution in [0.4, 0.5) is 5.13 Å². The molecule has 1 aliphatic heterocycles. The Labute approximate surface area is 129 Å². The Morgan fingerprint density at radius 2 is 2.41 bits per heavy atom. The predicted molar refractivity (Wildman–Crippen MR) is 80.1 cm³/mol. The summed E-state index contributed by atoms with van der Waals surface area (Å²) in [5.74, 6) is 1.00. The van der Waals surface area contributed by atoms with E-state index in [1.54, 1.807) is 23.1 Å². The number of rotatable bonds is 3. The number of aromatic nitrogens is 3. The van der Waals surface area contributed by atoms with Gasteiger partial charge in [0.15, 0.2) is 16.6 Å². The highest BCUT2D eigenvalue weighted by Gasteiger charge is 2.19. The van der Waals surface area contributed by atoms with Gasteiger partial charge in [-0.25, -0.2) is 9.67 Å². The van der Waals surface area contributed by atoms with E-state index in [-0.39, 0.29) is 5.91 Å². The number of hydrogen-bond donors (Lipinski definition) is 1. The average molecular weight is 316 g/mol. The topological polar surface area (TPSA) is 82.2 Å². The quantitative estimate of drug-likeness (QED) is 0.803. The zero-order chi connectivity index (χ0) is 14.9. The maximum Gasteiger partial charge on any atom is 0.278 e. The normalized spacial score (nSPS) is 13.5. The van der Waals surface area contributed by atoms with Gasteiger partial charge in [-0.1, -0.05) is 0 Å². The molecule has 4 rings (SSSR count). The highest BCUT2D eigenvalue weighted by molar-refractivity contribution is 7.14. The molecule has 3 aromatic rings. The van der Waals surface area contributed by atoms with Crippen LogP contribution in [0.5, 0.6) is 5.88 Å². The number of anilines is 1. The molecule has 4 heterocycles. The molecule has 3 aromatic heterocycles. The van der Waals surface area contributed by atoms with Gasteiger partial charge in [0, 0.05) is 24.4 Å². The minimum atomic E-state index is -0.300. The van der Waals surface area contributed by atoms with Crippen molar-refractivity contribution in [2.24, 2.45) is 0 Å². The van der Waals surface area contributed by atoms with Crippen LogP contribution in [0.2, 0.25) is 0 Å². The van der Waals surface area contributed by atoms with Crippen LogP contribution in [-0.2, 0) is 6.54 Å². The van der Waals surface area contributed by atoms with Crippen LogP contribution < -0.4 is 10.1 Å². The standard InChI is InChI=1S/C14H12N4O3S/c19-13(9-7-12-18(17-9)4-2-6-21-12)16-14-15-10(8-22-14)11-3-1-5-20-11/h1,3,5,7-8H,2,4,6H2,(H,15,16,19). The van der Waals surface area contributed by atoms with E-state index in [4.69, 9.17) is 9.15 Å².